The van der Waals surface area contributed by atoms with Crippen molar-refractivity contribution in [3.8, 4) is 0 Å². The van der Waals surface area contributed by atoms with E-state index in [2.05, 4.69) is 5.32 Å². The molecule has 2 aliphatic heterocycles. The van der Waals surface area contributed by atoms with Crippen LogP contribution in [0.5, 0.6) is 0 Å². The van der Waals surface area contributed by atoms with Crippen molar-refractivity contribution in [2.75, 3.05) is 0 Å². The Morgan fingerprint density at radius 1 is 0.667 bits per heavy atom. The molecule has 88 valence electrons. The smallest absolute Gasteiger partial charge is 0.109 e. The van der Waals surface area contributed by atoms with E-state index in [1.165, 1.54) is 0 Å². The second kappa shape index (κ2) is 3.97. The van der Waals surface area contributed by atoms with Crippen molar-refractivity contribution in [2.45, 2.75) is 55.4 Å². The lowest BCUT2D eigenvalue weighted by molar-refractivity contribution is -0.113. The fourth-order valence-electron chi connectivity index (χ4n) is 2.40. The SMILES string of the molecule is OC1[C@H](O)C2C[C@H](O)[C@H](O)CC(N2)[C@@H]1O. The van der Waals surface area contributed by atoms with Crippen molar-refractivity contribution in [1.29, 1.82) is 0 Å². The summed E-state index contributed by atoms with van der Waals surface area (Å²) in [6.45, 7) is 0. The summed E-state index contributed by atoms with van der Waals surface area (Å²) in [5.41, 5.74) is 0. The molecular formula is C9H17NO5. The van der Waals surface area contributed by atoms with Gasteiger partial charge in [0.25, 0.3) is 0 Å². The zero-order chi connectivity index (χ0) is 11.2. The van der Waals surface area contributed by atoms with Gasteiger partial charge in [-0.05, 0) is 12.8 Å². The summed E-state index contributed by atoms with van der Waals surface area (Å²) in [4.78, 5) is 0. The van der Waals surface area contributed by atoms with Crippen LogP contribution in [0, 0.1) is 0 Å². The number of hydrogen-bond donors (Lipinski definition) is 6. The van der Waals surface area contributed by atoms with Crippen LogP contribution >= 0.6 is 0 Å². The number of hydrogen-bond acceptors (Lipinski definition) is 6. The minimum absolute atomic E-state index is 0.169. The Kier molecular flexibility index (Phi) is 2.98. The Hall–Kier alpha value is -0.240. The maximum Gasteiger partial charge on any atom is 0.109 e. The molecule has 2 heterocycles. The summed E-state index contributed by atoms with van der Waals surface area (Å²) in [5.74, 6) is 0. The molecule has 0 aromatic rings. The molecule has 2 fully saturated rings. The van der Waals surface area contributed by atoms with E-state index in [0.717, 1.165) is 0 Å². The van der Waals surface area contributed by atoms with Gasteiger partial charge in [-0.1, -0.05) is 0 Å². The van der Waals surface area contributed by atoms with Gasteiger partial charge in [0.1, 0.15) is 6.10 Å². The summed E-state index contributed by atoms with van der Waals surface area (Å²) in [5, 5.41) is 50.8. The molecule has 0 aromatic carbocycles. The van der Waals surface area contributed by atoms with E-state index in [1.54, 1.807) is 0 Å². The number of fused-ring (bicyclic) bond motifs is 2. The Labute approximate surface area is 87.2 Å². The number of piperidine rings is 1. The molecule has 6 nitrogen and oxygen atoms in total. The Morgan fingerprint density at radius 3 is 1.47 bits per heavy atom. The highest BCUT2D eigenvalue weighted by Crippen LogP contribution is 2.26. The summed E-state index contributed by atoms with van der Waals surface area (Å²) < 4.78 is 0. The van der Waals surface area contributed by atoms with Crippen molar-refractivity contribution in [1.82, 2.24) is 5.32 Å². The van der Waals surface area contributed by atoms with Crippen molar-refractivity contribution in [2.24, 2.45) is 0 Å². The van der Waals surface area contributed by atoms with E-state index in [9.17, 15) is 25.5 Å². The van der Waals surface area contributed by atoms with Crippen molar-refractivity contribution in [3.05, 3.63) is 0 Å². The quantitative estimate of drug-likeness (QED) is 0.258. The molecule has 2 bridgehead atoms. The van der Waals surface area contributed by atoms with Crippen LogP contribution in [0.25, 0.3) is 0 Å². The zero-order valence-electron chi connectivity index (χ0n) is 8.19. The molecule has 0 spiro atoms. The molecule has 0 aromatic heterocycles. The third-order valence-electron chi connectivity index (χ3n) is 3.39. The molecule has 2 saturated heterocycles. The largest absolute Gasteiger partial charge is 0.390 e. The molecule has 7 atom stereocenters. The van der Waals surface area contributed by atoms with Crippen molar-refractivity contribution >= 4 is 0 Å². The normalized spacial score (nSPS) is 56.2. The molecule has 2 aliphatic rings. The van der Waals surface area contributed by atoms with Crippen LogP contribution in [0.15, 0.2) is 0 Å². The molecule has 6 heteroatoms. The van der Waals surface area contributed by atoms with Gasteiger partial charge in [0.05, 0.1) is 24.4 Å². The molecule has 0 aliphatic carbocycles. The fourth-order valence-corrected chi connectivity index (χ4v) is 2.40. The number of rotatable bonds is 0. The Balaban J connectivity index is 2.19. The summed E-state index contributed by atoms with van der Waals surface area (Å²) in [7, 11) is 0. The summed E-state index contributed by atoms with van der Waals surface area (Å²) >= 11 is 0. The molecular weight excluding hydrogens is 202 g/mol. The second-order valence-electron chi connectivity index (χ2n) is 4.46. The minimum Gasteiger partial charge on any atom is -0.390 e. The van der Waals surface area contributed by atoms with Crippen LogP contribution in [-0.2, 0) is 0 Å². The van der Waals surface area contributed by atoms with Crippen molar-refractivity contribution in [3.63, 3.8) is 0 Å². The third-order valence-corrected chi connectivity index (χ3v) is 3.39. The van der Waals surface area contributed by atoms with Gasteiger partial charge in [-0.3, -0.25) is 0 Å². The monoisotopic (exact) mass is 219 g/mol. The van der Waals surface area contributed by atoms with Gasteiger partial charge < -0.3 is 30.8 Å². The van der Waals surface area contributed by atoms with Crippen LogP contribution in [0.1, 0.15) is 12.8 Å². The van der Waals surface area contributed by atoms with Gasteiger partial charge in [0.15, 0.2) is 0 Å². The Bertz CT molecular complexity index is 217. The lowest BCUT2D eigenvalue weighted by Crippen LogP contribution is -2.64. The fraction of sp³-hybridized carbons (Fsp3) is 1.00. The standard InChI is InChI=1S/C9H17NO5/c11-5-1-3-7(13)9(15)8(14)4(10-3)2-6(5)12/h3-15H,1-2H2/t3?,4?,5-,6+,7+,8-,9?. The molecule has 0 saturated carbocycles. The third kappa shape index (κ3) is 1.89. The van der Waals surface area contributed by atoms with Gasteiger partial charge in [0, 0.05) is 12.1 Å². The minimum atomic E-state index is -1.22. The Morgan fingerprint density at radius 2 is 1.07 bits per heavy atom. The predicted molar refractivity (Wildman–Crippen MR) is 50.0 cm³/mol. The van der Waals surface area contributed by atoms with Gasteiger partial charge in [-0.25, -0.2) is 0 Å². The number of aliphatic hydroxyl groups excluding tert-OH is 5. The zero-order valence-corrected chi connectivity index (χ0v) is 8.19. The molecule has 6 N–H and O–H groups in total. The first-order valence-corrected chi connectivity index (χ1v) is 5.17. The van der Waals surface area contributed by atoms with E-state index in [-0.39, 0.29) is 12.8 Å². The van der Waals surface area contributed by atoms with Gasteiger partial charge >= 0.3 is 0 Å². The first kappa shape index (κ1) is 11.3. The van der Waals surface area contributed by atoms with Crippen LogP contribution in [0.2, 0.25) is 0 Å². The average molecular weight is 219 g/mol. The lowest BCUT2D eigenvalue weighted by Gasteiger charge is -2.40. The predicted octanol–water partition coefficient (Wildman–Crippen LogP) is -3.07. The second-order valence-corrected chi connectivity index (χ2v) is 4.46. The van der Waals surface area contributed by atoms with E-state index >= 15 is 0 Å². The van der Waals surface area contributed by atoms with Gasteiger partial charge in [0.2, 0.25) is 0 Å². The molecule has 0 amide bonds. The van der Waals surface area contributed by atoms with E-state index in [0.29, 0.717) is 0 Å². The number of aliphatic hydroxyl groups is 5. The van der Waals surface area contributed by atoms with E-state index < -0.39 is 42.6 Å². The van der Waals surface area contributed by atoms with Crippen molar-refractivity contribution < 1.29 is 25.5 Å². The first-order chi connectivity index (χ1) is 7.00. The highest BCUT2D eigenvalue weighted by molar-refractivity contribution is 5.02. The topological polar surface area (TPSA) is 113 Å². The molecule has 3 unspecified atom stereocenters. The van der Waals surface area contributed by atoms with Crippen LogP contribution in [-0.4, -0.2) is 68.1 Å². The van der Waals surface area contributed by atoms with Crippen LogP contribution in [0.4, 0.5) is 0 Å². The van der Waals surface area contributed by atoms with E-state index in [1.807, 2.05) is 0 Å². The molecule has 2 rings (SSSR count). The van der Waals surface area contributed by atoms with Gasteiger partial charge in [-0.2, -0.15) is 0 Å². The highest BCUT2D eigenvalue weighted by Gasteiger charge is 2.46. The first-order valence-electron chi connectivity index (χ1n) is 5.17. The van der Waals surface area contributed by atoms with Gasteiger partial charge in [-0.15, -0.1) is 0 Å². The molecule has 15 heavy (non-hydrogen) atoms. The highest BCUT2D eigenvalue weighted by atomic mass is 16.4. The average Bonchev–Trinajstić information content (AvgIpc) is 2.33. The summed E-state index contributed by atoms with van der Waals surface area (Å²) in [6.07, 6.45) is -4.98. The lowest BCUT2D eigenvalue weighted by atomic mass is 9.89. The maximum atomic E-state index is 9.62. The van der Waals surface area contributed by atoms with E-state index in [4.69, 9.17) is 0 Å². The molecule has 0 radical (unpaired) electrons. The van der Waals surface area contributed by atoms with Crippen LogP contribution < -0.4 is 5.32 Å². The maximum absolute atomic E-state index is 9.62. The number of nitrogens with one attached hydrogen (secondary N) is 1. The van der Waals surface area contributed by atoms with Crippen LogP contribution in [0.3, 0.4) is 0 Å². The summed E-state index contributed by atoms with van der Waals surface area (Å²) in [6, 6.07) is -0.971.